The van der Waals surface area contributed by atoms with Gasteiger partial charge in [0.05, 0.1) is 22.9 Å². The van der Waals surface area contributed by atoms with Gasteiger partial charge in [0, 0.05) is 5.39 Å². The van der Waals surface area contributed by atoms with Crippen molar-refractivity contribution in [3.63, 3.8) is 0 Å². The predicted octanol–water partition coefficient (Wildman–Crippen LogP) is 6.56. The Morgan fingerprint density at radius 3 is 2.41 bits per heavy atom. The highest BCUT2D eigenvalue weighted by molar-refractivity contribution is 6.21. The maximum absolute atomic E-state index is 13.7. The fourth-order valence-corrected chi connectivity index (χ4v) is 3.78. The third-order valence-electron chi connectivity index (χ3n) is 4.93. The van der Waals surface area contributed by atoms with Crippen LogP contribution in [0.4, 0.5) is 13.2 Å². The van der Waals surface area contributed by atoms with Crippen molar-refractivity contribution in [2.24, 2.45) is 0 Å². The molecule has 2 nitrogen and oxygen atoms in total. The third-order valence-corrected chi connectivity index (χ3v) is 4.93. The minimum absolute atomic E-state index is 0.163. The van der Waals surface area contributed by atoms with Gasteiger partial charge >= 0.3 is 6.18 Å². The fourth-order valence-electron chi connectivity index (χ4n) is 3.78. The molecule has 27 heavy (non-hydrogen) atoms. The number of fused-ring (bicyclic) bond motifs is 5. The van der Waals surface area contributed by atoms with Gasteiger partial charge in [-0.15, -0.1) is 0 Å². The van der Waals surface area contributed by atoms with Gasteiger partial charge in [0.2, 0.25) is 0 Å². The van der Waals surface area contributed by atoms with Gasteiger partial charge in [0.25, 0.3) is 0 Å². The topological polar surface area (TPSA) is 28.7 Å². The van der Waals surface area contributed by atoms with Gasteiger partial charge in [-0.25, -0.2) is 4.98 Å². The van der Waals surface area contributed by atoms with Gasteiger partial charge in [0.1, 0.15) is 0 Å². The van der Waals surface area contributed by atoms with Crippen LogP contribution in [0.2, 0.25) is 0 Å². The van der Waals surface area contributed by atoms with E-state index in [1.54, 1.807) is 12.4 Å². The van der Waals surface area contributed by atoms with Crippen molar-refractivity contribution in [3.05, 3.63) is 78.6 Å². The summed E-state index contributed by atoms with van der Waals surface area (Å²) >= 11 is 0. The molecule has 0 spiro atoms. The van der Waals surface area contributed by atoms with Crippen molar-refractivity contribution in [2.45, 2.75) is 6.18 Å². The summed E-state index contributed by atoms with van der Waals surface area (Å²) < 4.78 is 41.0. The highest BCUT2D eigenvalue weighted by atomic mass is 19.4. The van der Waals surface area contributed by atoms with E-state index in [0.717, 1.165) is 33.1 Å². The molecule has 132 valence electrons. The van der Waals surface area contributed by atoms with Gasteiger partial charge in [-0.05, 0) is 45.5 Å². The Bertz CT molecular complexity index is 1320. The molecular weight excluding hydrogens is 349 g/mol. The molecule has 1 heterocycles. The second-order valence-corrected chi connectivity index (χ2v) is 6.48. The van der Waals surface area contributed by atoms with E-state index in [0.29, 0.717) is 11.1 Å². The van der Waals surface area contributed by atoms with Crippen molar-refractivity contribution < 1.29 is 13.2 Å². The van der Waals surface area contributed by atoms with Crippen molar-refractivity contribution in [1.82, 2.24) is 9.97 Å². The Kier molecular flexibility index (Phi) is 3.28. The van der Waals surface area contributed by atoms with Crippen molar-refractivity contribution in [1.29, 1.82) is 0 Å². The summed E-state index contributed by atoms with van der Waals surface area (Å²) in [5.74, 6) is 0. The molecule has 1 aromatic heterocycles. The molecule has 4 aromatic carbocycles. The summed E-state index contributed by atoms with van der Waals surface area (Å²) in [6.07, 6.45) is -2.87. The first-order valence-electron chi connectivity index (χ1n) is 8.48. The Labute approximate surface area is 152 Å². The summed E-state index contributed by atoms with van der Waals surface area (Å²) in [5, 5.41) is 3.50. The van der Waals surface area contributed by atoms with Crippen LogP contribution in [-0.4, -0.2) is 9.97 Å². The number of halogens is 3. The lowest BCUT2D eigenvalue weighted by Gasteiger charge is -2.16. The molecule has 0 saturated heterocycles. The van der Waals surface area contributed by atoms with Crippen LogP contribution in [0.25, 0.3) is 43.7 Å². The summed E-state index contributed by atoms with van der Waals surface area (Å²) in [5.41, 5.74) is 1.52. The normalized spacial score (nSPS) is 12.3. The first-order valence-corrected chi connectivity index (χ1v) is 8.48. The number of H-pyrrole nitrogens is 1. The zero-order valence-corrected chi connectivity index (χ0v) is 14.0. The number of hydrogen-bond donors (Lipinski definition) is 1. The lowest BCUT2D eigenvalue weighted by Crippen LogP contribution is -2.07. The van der Waals surface area contributed by atoms with E-state index in [1.165, 1.54) is 12.1 Å². The molecule has 0 aliphatic rings. The Morgan fingerprint density at radius 1 is 0.778 bits per heavy atom. The maximum atomic E-state index is 13.7. The van der Waals surface area contributed by atoms with Crippen LogP contribution in [0.5, 0.6) is 0 Å². The number of aromatic amines is 1. The van der Waals surface area contributed by atoms with E-state index in [-0.39, 0.29) is 5.56 Å². The Hall–Kier alpha value is -3.34. The van der Waals surface area contributed by atoms with Crippen LogP contribution in [0.1, 0.15) is 5.56 Å². The zero-order valence-electron chi connectivity index (χ0n) is 14.0. The molecule has 0 unspecified atom stereocenters. The van der Waals surface area contributed by atoms with Gasteiger partial charge in [0.15, 0.2) is 0 Å². The molecule has 1 N–H and O–H groups in total. The van der Waals surface area contributed by atoms with Crippen LogP contribution in [0.15, 0.2) is 73.1 Å². The first-order chi connectivity index (χ1) is 13.0. The third kappa shape index (κ3) is 2.39. The molecule has 0 aliphatic carbocycles. The number of hydrogen-bond acceptors (Lipinski definition) is 1. The molecule has 0 radical (unpaired) electrons. The van der Waals surface area contributed by atoms with Gasteiger partial charge in [-0.2, -0.15) is 13.2 Å². The Balaban J connectivity index is 2.02. The second-order valence-electron chi connectivity index (χ2n) is 6.48. The first kappa shape index (κ1) is 15.9. The molecule has 5 aromatic rings. The molecule has 5 heteroatoms. The summed E-state index contributed by atoms with van der Waals surface area (Å²) in [6, 6.07) is 19.1. The van der Waals surface area contributed by atoms with Crippen LogP contribution >= 0.6 is 0 Å². The molecular formula is C22H13F3N2. The summed E-state index contributed by atoms with van der Waals surface area (Å²) in [4.78, 5) is 7.44. The number of alkyl halides is 3. The summed E-state index contributed by atoms with van der Waals surface area (Å²) in [6.45, 7) is 0. The van der Waals surface area contributed by atoms with E-state index in [1.807, 2.05) is 42.5 Å². The average molecular weight is 362 g/mol. The molecule has 0 atom stereocenters. The quantitative estimate of drug-likeness (QED) is 0.336. The number of benzene rings is 4. The molecule has 0 aliphatic heterocycles. The maximum Gasteiger partial charge on any atom is 0.417 e. The Morgan fingerprint density at radius 2 is 1.56 bits per heavy atom. The smallest absolute Gasteiger partial charge is 0.345 e. The monoisotopic (exact) mass is 362 g/mol. The summed E-state index contributed by atoms with van der Waals surface area (Å²) in [7, 11) is 0. The number of imidazole rings is 1. The minimum atomic E-state index is -4.44. The number of rotatable bonds is 1. The average Bonchev–Trinajstić information content (AvgIpc) is 3.15. The van der Waals surface area contributed by atoms with Crippen molar-refractivity contribution in [3.8, 4) is 11.1 Å². The van der Waals surface area contributed by atoms with E-state index in [9.17, 15) is 13.2 Å². The van der Waals surface area contributed by atoms with E-state index >= 15 is 0 Å². The van der Waals surface area contributed by atoms with E-state index < -0.39 is 11.7 Å². The van der Waals surface area contributed by atoms with Gasteiger partial charge < -0.3 is 4.98 Å². The second kappa shape index (κ2) is 5.58. The van der Waals surface area contributed by atoms with Gasteiger partial charge in [-0.1, -0.05) is 48.5 Å². The molecule has 5 rings (SSSR count). The minimum Gasteiger partial charge on any atom is -0.345 e. The lowest BCUT2D eigenvalue weighted by molar-refractivity contribution is -0.137. The molecule has 0 bridgehead atoms. The van der Waals surface area contributed by atoms with Crippen molar-refractivity contribution >= 4 is 32.6 Å². The number of aromatic nitrogens is 2. The lowest BCUT2D eigenvalue weighted by atomic mass is 9.90. The van der Waals surface area contributed by atoms with Crippen LogP contribution in [0, 0.1) is 0 Å². The van der Waals surface area contributed by atoms with E-state index in [4.69, 9.17) is 0 Å². The fraction of sp³-hybridized carbons (Fsp3) is 0.0455. The van der Waals surface area contributed by atoms with Crippen LogP contribution in [-0.2, 0) is 6.18 Å². The predicted molar refractivity (Wildman–Crippen MR) is 102 cm³/mol. The number of nitrogens with one attached hydrogen (secondary N) is 1. The van der Waals surface area contributed by atoms with Crippen LogP contribution < -0.4 is 0 Å². The van der Waals surface area contributed by atoms with E-state index in [2.05, 4.69) is 9.97 Å². The molecule has 0 fully saturated rings. The zero-order chi connectivity index (χ0) is 18.6. The standard InChI is InChI=1S/C22H13F3N2/c23-22(24,25)18-8-4-3-7-15(18)17-11-13-5-1-2-6-14(13)16-9-10-19-21(20(16)17)27-12-26-19/h1-12H,(H,26,27). The van der Waals surface area contributed by atoms with Crippen molar-refractivity contribution in [2.75, 3.05) is 0 Å². The molecule has 0 amide bonds. The number of nitrogens with zero attached hydrogens (tertiary/aromatic N) is 1. The molecule has 0 saturated carbocycles. The highest BCUT2D eigenvalue weighted by Gasteiger charge is 2.34. The largest absolute Gasteiger partial charge is 0.417 e. The van der Waals surface area contributed by atoms with Gasteiger partial charge in [-0.3, -0.25) is 0 Å². The van der Waals surface area contributed by atoms with Crippen LogP contribution in [0.3, 0.4) is 0 Å². The highest BCUT2D eigenvalue weighted by Crippen LogP contribution is 2.43. The SMILES string of the molecule is FC(F)(F)c1ccccc1-c1cc2ccccc2c2ccc3[nH]cnc3c12.